The van der Waals surface area contributed by atoms with Crippen LogP contribution in [0.2, 0.25) is 0 Å². The third kappa shape index (κ3) is 12.9. The molecule has 0 radical (unpaired) electrons. The minimum Gasteiger partial charge on any atom is -0.392 e. The molecule has 2 heterocycles. The van der Waals surface area contributed by atoms with Gasteiger partial charge < -0.3 is 5.11 Å². The Morgan fingerprint density at radius 2 is 1.11 bits per heavy atom. The van der Waals surface area contributed by atoms with Crippen molar-refractivity contribution in [3.05, 3.63) is 92.4 Å². The predicted octanol–water partition coefficient (Wildman–Crippen LogP) is 8.58. The summed E-state index contributed by atoms with van der Waals surface area (Å²) in [5.74, 6) is 0.465. The largest absolute Gasteiger partial charge is 0.392 e. The number of rotatable bonds is 4. The lowest BCUT2D eigenvalue weighted by molar-refractivity contribution is 0.281. The van der Waals surface area contributed by atoms with E-state index in [1.165, 1.54) is 11.1 Å². The molecule has 14 heteroatoms. The maximum atomic E-state index is 9.09. The smallest absolute Gasteiger partial charge is 0.211 e. The van der Waals surface area contributed by atoms with Crippen molar-refractivity contribution in [1.82, 2.24) is 19.6 Å². The van der Waals surface area contributed by atoms with Crippen LogP contribution in [0.25, 0.3) is 11.4 Å². The molecule has 6 nitrogen and oxygen atoms in total. The van der Waals surface area contributed by atoms with Gasteiger partial charge in [-0.2, -0.15) is 10.2 Å². The first kappa shape index (κ1) is 34.4. The molecule has 0 saturated heterocycles. The first-order valence-corrected chi connectivity index (χ1v) is 16.2. The molecule has 0 saturated carbocycles. The molecule has 202 valence electrons. The van der Waals surface area contributed by atoms with E-state index in [1.54, 1.807) is 4.68 Å². The number of aliphatic hydroxyl groups excluding tert-OH is 1. The maximum Gasteiger partial charge on any atom is 0.211 e. The Hall–Kier alpha value is -0.620. The van der Waals surface area contributed by atoms with Crippen LogP contribution in [0.3, 0.4) is 0 Å². The molecule has 0 aliphatic heterocycles. The number of hydrogen-bond donors (Lipinski definition) is 1. The minimum atomic E-state index is -1.67. The molecule has 2 aromatic carbocycles. The number of aryl methyl sites for hydroxylation is 2. The monoisotopic (exact) mass is 752 g/mol. The van der Waals surface area contributed by atoms with E-state index >= 15 is 0 Å². The number of nitrogens with zero attached hydrogens (tertiary/aromatic N) is 4. The molecule has 37 heavy (non-hydrogen) atoms. The van der Waals surface area contributed by atoms with Gasteiger partial charge in [0.25, 0.3) is 0 Å². The molecule has 0 fully saturated rings. The SMILES string of the molecule is Cc1ccc(-n2cc(CCl)c(Br)n2)cc1.Cc1ccc(-n2cc(CO)c(Br)n2)cc1.ClCCl.O=S(Cl)Cl. The molecule has 2 aromatic heterocycles. The number of aromatic nitrogens is 4. The van der Waals surface area contributed by atoms with Crippen molar-refractivity contribution < 1.29 is 9.32 Å². The van der Waals surface area contributed by atoms with Crippen LogP contribution < -0.4 is 0 Å². The van der Waals surface area contributed by atoms with E-state index in [0.717, 1.165) is 27.1 Å². The standard InChI is InChI=1S/C11H10BrClN2.C11H11BrN2O.CH2Cl2.Cl2OS/c1-8-2-4-10(5-3-8)15-7-9(6-13)11(12)14-15;1-8-2-4-10(5-3-8)14-6-9(7-15)11(12)13-14;2-1-3;1-4(2)3/h2-5,7H,6H2,1H3;2-6,15H,7H2,1H3;1H2;. The Morgan fingerprint density at radius 1 is 0.784 bits per heavy atom. The fraction of sp³-hybridized carbons (Fsp3) is 0.217. The molecule has 0 spiro atoms. The van der Waals surface area contributed by atoms with Gasteiger partial charge in [-0.3, -0.25) is 0 Å². The predicted molar refractivity (Wildman–Crippen MR) is 164 cm³/mol. The van der Waals surface area contributed by atoms with Crippen molar-refractivity contribution in [3.8, 4) is 11.4 Å². The van der Waals surface area contributed by atoms with Crippen LogP contribution in [0.4, 0.5) is 0 Å². The molecular formula is C23H23Br2Cl5N4O2S. The summed E-state index contributed by atoms with van der Waals surface area (Å²) >= 11 is 22.0. The fourth-order valence-corrected chi connectivity index (χ4v) is 3.80. The number of hydrogen-bond acceptors (Lipinski definition) is 4. The summed E-state index contributed by atoms with van der Waals surface area (Å²) in [6, 6.07) is 16.2. The topological polar surface area (TPSA) is 72.9 Å². The minimum absolute atomic E-state index is 0.00750. The highest BCUT2D eigenvalue weighted by Gasteiger charge is 2.07. The summed E-state index contributed by atoms with van der Waals surface area (Å²) in [6.07, 6.45) is 3.75. The van der Waals surface area contributed by atoms with Crippen LogP contribution in [0.5, 0.6) is 0 Å². The van der Waals surface area contributed by atoms with Gasteiger partial charge in [0.1, 0.15) is 9.21 Å². The van der Waals surface area contributed by atoms with E-state index in [2.05, 4.69) is 82.5 Å². The highest BCUT2D eigenvalue weighted by Crippen LogP contribution is 2.19. The van der Waals surface area contributed by atoms with Crippen molar-refractivity contribution >= 4 is 97.3 Å². The van der Waals surface area contributed by atoms with Gasteiger partial charge in [-0.05, 0) is 70.0 Å². The van der Waals surface area contributed by atoms with Gasteiger partial charge in [0.05, 0.1) is 29.2 Å². The Morgan fingerprint density at radius 3 is 1.38 bits per heavy atom. The van der Waals surface area contributed by atoms with Gasteiger partial charge in [-0.1, -0.05) is 35.4 Å². The van der Waals surface area contributed by atoms with E-state index < -0.39 is 9.23 Å². The zero-order chi connectivity index (χ0) is 28.0. The normalized spacial score (nSPS) is 10.0. The quantitative estimate of drug-likeness (QED) is 0.167. The van der Waals surface area contributed by atoms with E-state index in [-0.39, 0.29) is 11.9 Å². The van der Waals surface area contributed by atoms with Crippen LogP contribution in [0.1, 0.15) is 22.3 Å². The zero-order valence-corrected chi connectivity index (χ0v) is 27.4. The molecule has 4 rings (SSSR count). The van der Waals surface area contributed by atoms with Crippen LogP contribution >= 0.6 is 88.0 Å². The van der Waals surface area contributed by atoms with Crippen LogP contribution in [0, 0.1) is 13.8 Å². The van der Waals surface area contributed by atoms with Crippen LogP contribution in [0.15, 0.2) is 70.1 Å². The van der Waals surface area contributed by atoms with E-state index in [1.807, 2.05) is 60.4 Å². The van der Waals surface area contributed by atoms with Crippen molar-refractivity contribution in [2.75, 3.05) is 5.34 Å². The molecule has 0 aliphatic carbocycles. The van der Waals surface area contributed by atoms with Crippen molar-refractivity contribution in [2.24, 2.45) is 0 Å². The highest BCUT2D eigenvalue weighted by atomic mass is 79.9. The number of alkyl halides is 3. The summed E-state index contributed by atoms with van der Waals surface area (Å²) in [5, 5.41) is 17.8. The Kier molecular flexibility index (Phi) is 17.3. The molecule has 4 aromatic rings. The van der Waals surface area contributed by atoms with Gasteiger partial charge in [-0.25, -0.2) is 13.6 Å². The summed E-state index contributed by atoms with van der Waals surface area (Å²) in [7, 11) is 7.36. The van der Waals surface area contributed by atoms with E-state index in [4.69, 9.17) is 44.1 Å². The Balaban J connectivity index is 0.000000297. The molecule has 0 aliphatic rings. The van der Waals surface area contributed by atoms with E-state index in [0.29, 0.717) is 10.5 Å². The number of benzene rings is 2. The van der Waals surface area contributed by atoms with Gasteiger partial charge in [0, 0.05) is 44.9 Å². The molecule has 0 bridgehead atoms. The second-order valence-corrected chi connectivity index (χ2v) is 12.1. The Bertz CT molecular complexity index is 1150. The zero-order valence-electron chi connectivity index (χ0n) is 19.6. The van der Waals surface area contributed by atoms with Crippen molar-refractivity contribution in [1.29, 1.82) is 0 Å². The molecule has 0 atom stereocenters. The van der Waals surface area contributed by atoms with Gasteiger partial charge in [0.2, 0.25) is 9.23 Å². The second kappa shape index (κ2) is 18.6. The average Bonchev–Trinajstić information content (AvgIpc) is 3.42. The lowest BCUT2D eigenvalue weighted by atomic mass is 10.2. The van der Waals surface area contributed by atoms with E-state index in [9.17, 15) is 0 Å². The Labute approximate surface area is 259 Å². The van der Waals surface area contributed by atoms with Crippen molar-refractivity contribution in [3.63, 3.8) is 0 Å². The molecular weight excluding hydrogens is 733 g/mol. The summed E-state index contributed by atoms with van der Waals surface area (Å²) < 4.78 is 14.1. The third-order valence-corrected chi connectivity index (χ3v) is 6.01. The number of aliphatic hydroxyl groups is 1. The average molecular weight is 757 g/mol. The van der Waals surface area contributed by atoms with Gasteiger partial charge in [0.15, 0.2) is 0 Å². The van der Waals surface area contributed by atoms with Crippen molar-refractivity contribution in [2.45, 2.75) is 26.3 Å². The van der Waals surface area contributed by atoms with Gasteiger partial charge >= 0.3 is 0 Å². The summed E-state index contributed by atoms with van der Waals surface area (Å²) in [5.41, 5.74) is 6.27. The second-order valence-electron chi connectivity index (χ2n) is 7.03. The first-order valence-electron chi connectivity index (χ1n) is 10.2. The molecule has 0 amide bonds. The highest BCUT2D eigenvalue weighted by molar-refractivity contribution is 9.10. The van der Waals surface area contributed by atoms with Crippen LogP contribution in [-0.4, -0.2) is 34.2 Å². The molecule has 1 N–H and O–H groups in total. The number of halogens is 7. The first-order chi connectivity index (χ1) is 17.6. The third-order valence-electron chi connectivity index (χ3n) is 4.39. The summed E-state index contributed by atoms with van der Waals surface area (Å²) in [6.45, 7) is 4.10. The molecule has 0 unspecified atom stereocenters. The lowest BCUT2D eigenvalue weighted by Crippen LogP contribution is -1.93. The lowest BCUT2D eigenvalue weighted by Gasteiger charge is -2.00. The van der Waals surface area contributed by atoms with Gasteiger partial charge in [-0.15, -0.1) is 34.8 Å². The van der Waals surface area contributed by atoms with Crippen LogP contribution in [-0.2, 0) is 21.7 Å². The summed E-state index contributed by atoms with van der Waals surface area (Å²) in [4.78, 5) is 0. The fourth-order valence-electron chi connectivity index (χ4n) is 2.63. The maximum absolute atomic E-state index is 9.09.